The van der Waals surface area contributed by atoms with Crippen LogP contribution < -0.4 is 4.74 Å². The predicted molar refractivity (Wildman–Crippen MR) is 66.4 cm³/mol. The first-order valence-corrected chi connectivity index (χ1v) is 5.96. The molecule has 3 heteroatoms. The maximum absolute atomic E-state index is 5.85. The van der Waals surface area contributed by atoms with Gasteiger partial charge in [0.2, 0.25) is 0 Å². The van der Waals surface area contributed by atoms with E-state index in [0.717, 1.165) is 21.3 Å². The number of benzene rings is 1. The number of halogens is 1. The average Bonchev–Trinajstić information content (AvgIpc) is 2.30. The van der Waals surface area contributed by atoms with Gasteiger partial charge in [-0.15, -0.1) is 0 Å². The van der Waals surface area contributed by atoms with E-state index >= 15 is 0 Å². The van der Waals surface area contributed by atoms with Crippen LogP contribution in [0.1, 0.15) is 18.6 Å². The molecular weight excluding hydrogens is 266 g/mol. The van der Waals surface area contributed by atoms with Gasteiger partial charge in [-0.3, -0.25) is 4.98 Å². The highest BCUT2D eigenvalue weighted by atomic mass is 79.9. The number of pyridine rings is 1. The van der Waals surface area contributed by atoms with Gasteiger partial charge in [0, 0.05) is 33.6 Å². The van der Waals surface area contributed by atoms with Gasteiger partial charge < -0.3 is 4.74 Å². The van der Waals surface area contributed by atoms with Gasteiger partial charge in [0.15, 0.2) is 0 Å². The monoisotopic (exact) mass is 275 g/mol. The molecule has 0 spiro atoms. The Morgan fingerprint density at radius 3 is 2.94 bits per heavy atom. The van der Waals surface area contributed by atoms with E-state index in [0.29, 0.717) is 0 Å². The number of hydrogen-bond acceptors (Lipinski definition) is 2. The molecule has 0 aliphatic carbocycles. The van der Waals surface area contributed by atoms with Crippen molar-refractivity contribution >= 4 is 15.9 Å². The van der Waals surface area contributed by atoms with E-state index in [2.05, 4.69) is 27.0 Å². The van der Waals surface area contributed by atoms with Crippen molar-refractivity contribution in [2.45, 2.75) is 13.0 Å². The van der Waals surface area contributed by atoms with Gasteiger partial charge in [-0.1, -0.05) is 18.2 Å². The first-order valence-electron chi connectivity index (χ1n) is 5.17. The number of aromatic nitrogens is 1. The molecule has 2 aromatic rings. The van der Waals surface area contributed by atoms with Gasteiger partial charge in [0.25, 0.3) is 0 Å². The van der Waals surface area contributed by atoms with E-state index < -0.39 is 0 Å². The standard InChI is InChI=1S/C13H10BrNO/c1-8-10-6-15-7-11(14)13(10)9-4-2-3-5-12(9)16-8/h2-8H,1H3. The van der Waals surface area contributed by atoms with Crippen LogP contribution in [0.4, 0.5) is 0 Å². The van der Waals surface area contributed by atoms with E-state index in [-0.39, 0.29) is 6.10 Å². The summed E-state index contributed by atoms with van der Waals surface area (Å²) in [5.41, 5.74) is 3.46. The topological polar surface area (TPSA) is 22.1 Å². The van der Waals surface area contributed by atoms with Crippen LogP contribution in [0.25, 0.3) is 11.1 Å². The molecule has 3 rings (SSSR count). The molecule has 0 fully saturated rings. The van der Waals surface area contributed by atoms with Crippen LogP contribution in [0.2, 0.25) is 0 Å². The Kier molecular flexibility index (Phi) is 2.21. The summed E-state index contributed by atoms with van der Waals surface area (Å²) in [6.07, 6.45) is 3.75. The molecule has 1 aromatic carbocycles. The van der Waals surface area contributed by atoms with Crippen molar-refractivity contribution in [3.63, 3.8) is 0 Å². The first kappa shape index (κ1) is 9.85. The zero-order valence-electron chi connectivity index (χ0n) is 8.77. The highest BCUT2D eigenvalue weighted by molar-refractivity contribution is 9.10. The number of rotatable bonds is 0. The Morgan fingerprint density at radius 2 is 2.06 bits per heavy atom. The minimum absolute atomic E-state index is 0.0508. The van der Waals surface area contributed by atoms with Crippen molar-refractivity contribution in [1.29, 1.82) is 0 Å². The zero-order valence-corrected chi connectivity index (χ0v) is 10.4. The Hall–Kier alpha value is -1.35. The van der Waals surface area contributed by atoms with E-state index in [4.69, 9.17) is 4.74 Å². The third kappa shape index (κ3) is 1.35. The lowest BCUT2D eigenvalue weighted by Gasteiger charge is -2.26. The lowest BCUT2D eigenvalue weighted by Crippen LogP contribution is -2.11. The van der Waals surface area contributed by atoms with Gasteiger partial charge in [0.05, 0.1) is 0 Å². The Balaban J connectivity index is 2.35. The molecule has 0 saturated heterocycles. The Morgan fingerprint density at radius 1 is 1.25 bits per heavy atom. The molecule has 0 saturated carbocycles. The lowest BCUT2D eigenvalue weighted by molar-refractivity contribution is 0.223. The number of hydrogen-bond donors (Lipinski definition) is 0. The Bertz CT molecular complexity index is 553. The largest absolute Gasteiger partial charge is 0.485 e. The minimum atomic E-state index is 0.0508. The third-order valence-electron chi connectivity index (χ3n) is 2.83. The normalized spacial score (nSPS) is 17.2. The van der Waals surface area contributed by atoms with Gasteiger partial charge >= 0.3 is 0 Å². The molecule has 0 bridgehead atoms. The number of para-hydroxylation sites is 1. The SMILES string of the molecule is CC1Oc2ccccc2-c2c(Br)cncc21. The number of nitrogens with zero attached hydrogens (tertiary/aromatic N) is 1. The van der Waals surface area contributed by atoms with Gasteiger partial charge in [-0.05, 0) is 28.9 Å². The molecule has 1 unspecified atom stereocenters. The van der Waals surface area contributed by atoms with Crippen LogP contribution in [0.5, 0.6) is 5.75 Å². The van der Waals surface area contributed by atoms with Crippen LogP contribution >= 0.6 is 15.9 Å². The van der Waals surface area contributed by atoms with Gasteiger partial charge in [-0.2, -0.15) is 0 Å². The molecular formula is C13H10BrNO. The molecule has 0 amide bonds. The molecule has 1 aliphatic heterocycles. The van der Waals surface area contributed by atoms with Crippen molar-refractivity contribution in [2.75, 3.05) is 0 Å². The maximum atomic E-state index is 5.85. The van der Waals surface area contributed by atoms with Crippen molar-refractivity contribution in [2.24, 2.45) is 0 Å². The predicted octanol–water partition coefficient (Wildman–Crippen LogP) is 3.96. The molecule has 80 valence electrons. The fraction of sp³-hybridized carbons (Fsp3) is 0.154. The van der Waals surface area contributed by atoms with Crippen LogP contribution in [0.3, 0.4) is 0 Å². The molecule has 2 heterocycles. The van der Waals surface area contributed by atoms with E-state index in [1.54, 1.807) is 0 Å². The molecule has 0 N–H and O–H groups in total. The smallest absolute Gasteiger partial charge is 0.128 e. The molecule has 1 aromatic heterocycles. The van der Waals surface area contributed by atoms with Gasteiger partial charge in [0.1, 0.15) is 11.9 Å². The first-order chi connectivity index (χ1) is 7.77. The molecule has 1 aliphatic rings. The lowest BCUT2D eigenvalue weighted by atomic mass is 9.95. The summed E-state index contributed by atoms with van der Waals surface area (Å²) >= 11 is 3.56. The highest BCUT2D eigenvalue weighted by Gasteiger charge is 2.24. The summed E-state index contributed by atoms with van der Waals surface area (Å²) in [6.45, 7) is 2.04. The number of ether oxygens (including phenoxy) is 1. The highest BCUT2D eigenvalue weighted by Crippen LogP contribution is 2.44. The zero-order chi connectivity index (χ0) is 11.1. The molecule has 0 radical (unpaired) electrons. The summed E-state index contributed by atoms with van der Waals surface area (Å²) in [6, 6.07) is 8.09. The fourth-order valence-corrected chi connectivity index (χ4v) is 2.63. The van der Waals surface area contributed by atoms with Crippen LogP contribution in [0, 0.1) is 0 Å². The molecule has 1 atom stereocenters. The van der Waals surface area contributed by atoms with Crippen LogP contribution in [-0.2, 0) is 0 Å². The number of fused-ring (bicyclic) bond motifs is 3. The second-order valence-corrected chi connectivity index (χ2v) is 4.70. The van der Waals surface area contributed by atoms with Crippen LogP contribution in [0.15, 0.2) is 41.1 Å². The van der Waals surface area contributed by atoms with Crippen molar-refractivity contribution < 1.29 is 4.74 Å². The summed E-state index contributed by atoms with van der Waals surface area (Å²) in [5, 5.41) is 0. The van der Waals surface area contributed by atoms with Crippen molar-refractivity contribution in [3.8, 4) is 16.9 Å². The second-order valence-electron chi connectivity index (χ2n) is 3.84. The van der Waals surface area contributed by atoms with E-state index in [1.165, 1.54) is 5.56 Å². The summed E-state index contributed by atoms with van der Waals surface area (Å²) in [4.78, 5) is 4.19. The summed E-state index contributed by atoms with van der Waals surface area (Å²) in [5.74, 6) is 0.939. The third-order valence-corrected chi connectivity index (χ3v) is 3.43. The van der Waals surface area contributed by atoms with Crippen molar-refractivity contribution in [1.82, 2.24) is 4.98 Å². The summed E-state index contributed by atoms with van der Waals surface area (Å²) in [7, 11) is 0. The quantitative estimate of drug-likeness (QED) is 0.726. The molecule has 2 nitrogen and oxygen atoms in total. The van der Waals surface area contributed by atoms with Crippen molar-refractivity contribution in [3.05, 3.63) is 46.7 Å². The van der Waals surface area contributed by atoms with E-state index in [1.807, 2.05) is 37.5 Å². The average molecular weight is 276 g/mol. The Labute approximate surface area is 102 Å². The molecule has 16 heavy (non-hydrogen) atoms. The van der Waals surface area contributed by atoms with Gasteiger partial charge in [-0.25, -0.2) is 0 Å². The minimum Gasteiger partial charge on any atom is -0.485 e. The summed E-state index contributed by atoms with van der Waals surface area (Å²) < 4.78 is 6.87. The second kappa shape index (κ2) is 3.59. The fourth-order valence-electron chi connectivity index (χ4n) is 2.07. The van der Waals surface area contributed by atoms with Crippen LogP contribution in [-0.4, -0.2) is 4.98 Å². The maximum Gasteiger partial charge on any atom is 0.128 e. The van der Waals surface area contributed by atoms with E-state index in [9.17, 15) is 0 Å².